The lowest BCUT2D eigenvalue weighted by molar-refractivity contribution is 0.273. The minimum atomic E-state index is -2.44. The number of ether oxygens (including phenoxy) is 1. The van der Waals surface area contributed by atoms with Crippen LogP contribution in [0.3, 0.4) is 0 Å². The highest BCUT2D eigenvalue weighted by molar-refractivity contribution is 7.32. The molecule has 1 N–H and O–H groups in total. The first-order valence-electron chi connectivity index (χ1n) is 13.8. The molecular weight excluding hydrogens is 450 g/mol. The van der Waals surface area contributed by atoms with Crippen LogP contribution in [0.5, 0.6) is 5.75 Å². The first-order chi connectivity index (χ1) is 16.6. The maximum absolute atomic E-state index is 14.6. The summed E-state index contributed by atoms with van der Waals surface area (Å²) < 4.78 is 35.4. The summed E-state index contributed by atoms with van der Waals surface area (Å²) in [5.74, 6) is 1.57. The number of unbranched alkanes of at least 4 members (excludes halogenated alkanes) is 10. The van der Waals surface area contributed by atoms with Crippen molar-refractivity contribution in [2.45, 2.75) is 122 Å². The zero-order valence-corrected chi connectivity index (χ0v) is 22.2. The topological polar surface area (TPSA) is 55.8 Å². The van der Waals surface area contributed by atoms with Gasteiger partial charge < -0.3 is 4.74 Å². The van der Waals surface area contributed by atoms with Gasteiger partial charge in [0.25, 0.3) is 0 Å². The van der Waals surface area contributed by atoms with Crippen LogP contribution in [0.1, 0.15) is 128 Å². The molecule has 0 spiro atoms. The second kappa shape index (κ2) is 18.3. The number of rotatable bonds is 19. The fourth-order valence-corrected chi connectivity index (χ4v) is 5.41. The predicted octanol–water partition coefficient (Wildman–Crippen LogP) is 9.24. The molecule has 4 nitrogen and oxygen atoms in total. The van der Waals surface area contributed by atoms with Crippen molar-refractivity contribution >= 4 is 8.25 Å². The summed E-state index contributed by atoms with van der Waals surface area (Å²) in [6, 6.07) is 5.63. The minimum absolute atomic E-state index is 0.209. The third kappa shape index (κ3) is 12.6. The highest BCUT2D eigenvalue weighted by Gasteiger charge is 2.23. The van der Waals surface area contributed by atoms with Gasteiger partial charge in [-0.25, -0.2) is 4.39 Å². The summed E-state index contributed by atoms with van der Waals surface area (Å²) in [5.41, 5.74) is 1.15. The lowest BCUT2D eigenvalue weighted by atomic mass is 9.77. The van der Waals surface area contributed by atoms with Gasteiger partial charge in [-0.15, -0.1) is 9.42 Å². The van der Waals surface area contributed by atoms with Crippen molar-refractivity contribution in [2.75, 3.05) is 13.2 Å². The molecule has 0 heterocycles. The summed E-state index contributed by atoms with van der Waals surface area (Å²) in [7, 11) is -2.44. The first kappa shape index (κ1) is 29.2. The molecule has 0 saturated heterocycles. The van der Waals surface area contributed by atoms with E-state index in [1.165, 1.54) is 77.0 Å². The second-order valence-corrected chi connectivity index (χ2v) is 10.7. The molecule has 0 amide bonds. The van der Waals surface area contributed by atoms with Gasteiger partial charge in [0, 0.05) is 4.57 Å². The van der Waals surface area contributed by atoms with Gasteiger partial charge >= 0.3 is 8.25 Å². The Morgan fingerprint density at radius 1 is 0.882 bits per heavy atom. The second-order valence-electron chi connectivity index (χ2n) is 10.0. The Bertz CT molecular complexity index is 676. The van der Waals surface area contributed by atoms with Crippen LogP contribution in [0.2, 0.25) is 0 Å². The highest BCUT2D eigenvalue weighted by Crippen LogP contribution is 2.38. The number of halogens is 1. The summed E-state index contributed by atoms with van der Waals surface area (Å²) in [6.07, 6.45) is 20.2. The van der Waals surface area contributed by atoms with E-state index in [1.54, 1.807) is 6.07 Å². The Morgan fingerprint density at radius 2 is 1.50 bits per heavy atom. The maximum Gasteiger partial charge on any atom is 0.694 e. The molecule has 0 bridgehead atoms. The van der Waals surface area contributed by atoms with Gasteiger partial charge in [-0.3, -0.25) is 0 Å². The normalized spacial score (nSPS) is 18.7. The van der Waals surface area contributed by atoms with E-state index < -0.39 is 8.25 Å². The van der Waals surface area contributed by atoms with Crippen LogP contribution in [-0.2, 0) is 9.09 Å². The first-order valence-corrected chi connectivity index (χ1v) is 14.9. The molecule has 1 fully saturated rings. The average Bonchev–Trinajstić information content (AvgIpc) is 2.83. The van der Waals surface area contributed by atoms with Crippen molar-refractivity contribution in [3.63, 3.8) is 0 Å². The number of hydrogen-bond donors (Lipinski definition) is 1. The van der Waals surface area contributed by atoms with E-state index in [0.29, 0.717) is 24.9 Å². The van der Waals surface area contributed by atoms with Crippen LogP contribution in [0.25, 0.3) is 0 Å². The number of hydrogen-bond acceptors (Lipinski definition) is 3. The Hall–Kier alpha value is -1.03. The van der Waals surface area contributed by atoms with Gasteiger partial charge in [0.1, 0.15) is 6.61 Å². The lowest BCUT2D eigenvalue weighted by Crippen LogP contribution is -2.13. The van der Waals surface area contributed by atoms with Crippen LogP contribution >= 0.6 is 8.25 Å². The Kier molecular flexibility index (Phi) is 15.7. The SMILES string of the molecule is CCCCCC1CCC(c2ccc(OCCCCCCCCCCCO[P+](=O)O)c(F)c2)CC1. The van der Waals surface area contributed by atoms with E-state index in [2.05, 4.69) is 17.5 Å². The summed E-state index contributed by atoms with van der Waals surface area (Å²) in [5, 5.41) is 0. The lowest BCUT2D eigenvalue weighted by Gasteiger charge is -2.29. The molecule has 1 aromatic carbocycles. The van der Waals surface area contributed by atoms with Gasteiger partial charge in [0.05, 0.1) is 6.61 Å². The van der Waals surface area contributed by atoms with Gasteiger partial charge in [-0.05, 0) is 68.1 Å². The highest BCUT2D eigenvalue weighted by atomic mass is 31.1. The molecule has 0 aliphatic heterocycles. The van der Waals surface area contributed by atoms with E-state index >= 15 is 0 Å². The maximum atomic E-state index is 14.6. The van der Waals surface area contributed by atoms with Gasteiger partial charge in [0.2, 0.25) is 0 Å². The van der Waals surface area contributed by atoms with Crippen LogP contribution < -0.4 is 4.74 Å². The molecule has 0 aromatic heterocycles. The van der Waals surface area contributed by atoms with Crippen LogP contribution in [0.15, 0.2) is 18.2 Å². The van der Waals surface area contributed by atoms with E-state index in [9.17, 15) is 8.96 Å². The monoisotopic (exact) mass is 497 g/mol. The van der Waals surface area contributed by atoms with Crippen molar-refractivity contribution in [1.82, 2.24) is 0 Å². The average molecular weight is 498 g/mol. The molecule has 34 heavy (non-hydrogen) atoms. The van der Waals surface area contributed by atoms with Crippen molar-refractivity contribution in [2.24, 2.45) is 5.92 Å². The van der Waals surface area contributed by atoms with E-state index in [4.69, 9.17) is 9.63 Å². The van der Waals surface area contributed by atoms with E-state index in [1.807, 2.05) is 6.07 Å². The Labute approximate surface area is 208 Å². The molecule has 1 unspecified atom stereocenters. The van der Waals surface area contributed by atoms with Crippen molar-refractivity contribution in [3.8, 4) is 5.75 Å². The van der Waals surface area contributed by atoms with E-state index in [-0.39, 0.29) is 5.82 Å². The molecule has 2 rings (SSSR count). The van der Waals surface area contributed by atoms with Crippen LogP contribution in [0.4, 0.5) is 4.39 Å². The smallest absolute Gasteiger partial charge is 0.491 e. The predicted molar refractivity (Wildman–Crippen MR) is 138 cm³/mol. The molecule has 1 aliphatic rings. The standard InChI is InChI=1S/C28H46FO4P/c1-2-3-11-14-24-15-17-25(18-16-24)26-19-20-28(27(29)23-26)32-21-12-9-7-5-4-6-8-10-13-22-33-34(30)31/h19-20,23-25H,2-18,21-22H2,1H3/p+1. The van der Waals surface area contributed by atoms with Crippen molar-refractivity contribution in [1.29, 1.82) is 0 Å². The third-order valence-corrected chi connectivity index (χ3v) is 7.64. The minimum Gasteiger partial charge on any atom is -0.491 e. The van der Waals surface area contributed by atoms with Gasteiger partial charge in [0.15, 0.2) is 11.6 Å². The van der Waals surface area contributed by atoms with Crippen molar-refractivity contribution < 1.29 is 23.1 Å². The van der Waals surface area contributed by atoms with Crippen molar-refractivity contribution in [3.05, 3.63) is 29.6 Å². The molecule has 194 valence electrons. The Morgan fingerprint density at radius 3 is 2.09 bits per heavy atom. The summed E-state index contributed by atoms with van der Waals surface area (Å²) >= 11 is 0. The molecular formula is C28H47FO4P+. The number of benzene rings is 1. The molecule has 0 radical (unpaired) electrons. The molecule has 1 aromatic rings. The molecule has 1 atom stereocenters. The zero-order chi connectivity index (χ0) is 24.4. The molecule has 6 heteroatoms. The Balaban J connectivity index is 1.50. The fourth-order valence-electron chi connectivity index (χ4n) is 5.12. The van der Waals surface area contributed by atoms with Gasteiger partial charge in [-0.1, -0.05) is 83.6 Å². The zero-order valence-electron chi connectivity index (χ0n) is 21.3. The van der Waals surface area contributed by atoms with Gasteiger partial charge in [-0.2, -0.15) is 0 Å². The quantitative estimate of drug-likeness (QED) is 0.153. The fraction of sp³-hybridized carbons (Fsp3) is 0.786. The van der Waals surface area contributed by atoms with Crippen LogP contribution in [-0.4, -0.2) is 18.1 Å². The van der Waals surface area contributed by atoms with Crippen LogP contribution in [0, 0.1) is 11.7 Å². The van der Waals surface area contributed by atoms with E-state index in [0.717, 1.165) is 43.6 Å². The summed E-state index contributed by atoms with van der Waals surface area (Å²) in [6.45, 7) is 3.21. The largest absolute Gasteiger partial charge is 0.694 e. The molecule has 1 aliphatic carbocycles. The molecule has 1 saturated carbocycles. The summed E-state index contributed by atoms with van der Waals surface area (Å²) in [4.78, 5) is 8.54. The third-order valence-electron chi connectivity index (χ3n) is 7.24.